The molecular weight excluding hydrogens is 252 g/mol. The normalized spacial score (nSPS) is 28.3. The number of carbonyl (C=O) groups excluding carboxylic acids is 1. The highest BCUT2D eigenvalue weighted by Crippen LogP contribution is 2.19. The molecule has 1 amide bonds. The van der Waals surface area contributed by atoms with Crippen molar-refractivity contribution in [2.24, 2.45) is 22.6 Å². The van der Waals surface area contributed by atoms with Crippen LogP contribution in [0.5, 0.6) is 0 Å². The van der Waals surface area contributed by atoms with Gasteiger partial charge < -0.3 is 15.5 Å². The molecule has 5 heteroatoms. The Labute approximate surface area is 122 Å². The van der Waals surface area contributed by atoms with Crippen LogP contribution in [0.1, 0.15) is 39.5 Å². The summed E-state index contributed by atoms with van der Waals surface area (Å²) >= 11 is 0. The average Bonchev–Trinajstić information content (AvgIpc) is 2.77. The predicted octanol–water partition coefficient (Wildman–Crippen LogP) is 1.29. The first kappa shape index (κ1) is 15.1. The van der Waals surface area contributed by atoms with Gasteiger partial charge in [0.2, 0.25) is 5.91 Å². The third kappa shape index (κ3) is 3.87. The van der Waals surface area contributed by atoms with E-state index in [0.29, 0.717) is 30.8 Å². The standard InChI is InChI=1S/C15H28N4O/c1-3-6-18-11-13(8-14(18)20)9-17-15(16)19-7-4-5-12(2)10-19/h12-13H,3-11H2,1-2H3,(H2,16,17). The second-order valence-corrected chi connectivity index (χ2v) is 6.30. The monoisotopic (exact) mass is 280 g/mol. The first-order valence-electron chi connectivity index (χ1n) is 7.92. The molecule has 0 bridgehead atoms. The van der Waals surface area contributed by atoms with E-state index < -0.39 is 0 Å². The Morgan fingerprint density at radius 3 is 2.95 bits per heavy atom. The van der Waals surface area contributed by atoms with Gasteiger partial charge in [-0.1, -0.05) is 13.8 Å². The van der Waals surface area contributed by atoms with Crippen molar-refractivity contribution in [1.82, 2.24) is 9.80 Å². The molecule has 0 radical (unpaired) electrons. The Kier molecular flexibility index (Phi) is 5.26. The quantitative estimate of drug-likeness (QED) is 0.623. The summed E-state index contributed by atoms with van der Waals surface area (Å²) in [5.41, 5.74) is 6.09. The van der Waals surface area contributed by atoms with E-state index in [4.69, 9.17) is 5.73 Å². The third-order valence-electron chi connectivity index (χ3n) is 4.28. The molecule has 114 valence electrons. The number of aliphatic imine (C=N–C) groups is 1. The molecule has 0 aromatic heterocycles. The van der Waals surface area contributed by atoms with E-state index in [1.54, 1.807) is 0 Å². The number of nitrogens with zero attached hydrogens (tertiary/aromatic N) is 3. The van der Waals surface area contributed by atoms with Crippen molar-refractivity contribution in [3.8, 4) is 0 Å². The molecule has 5 nitrogen and oxygen atoms in total. The summed E-state index contributed by atoms with van der Waals surface area (Å²) in [5.74, 6) is 1.98. The zero-order chi connectivity index (χ0) is 14.5. The van der Waals surface area contributed by atoms with Crippen LogP contribution in [0, 0.1) is 11.8 Å². The Balaban J connectivity index is 1.82. The number of rotatable bonds is 4. The first-order chi connectivity index (χ1) is 9.60. The van der Waals surface area contributed by atoms with Gasteiger partial charge in [-0.2, -0.15) is 0 Å². The molecule has 0 aliphatic carbocycles. The average molecular weight is 280 g/mol. The molecule has 2 saturated heterocycles. The van der Waals surface area contributed by atoms with Gasteiger partial charge >= 0.3 is 0 Å². The van der Waals surface area contributed by atoms with Crippen molar-refractivity contribution < 1.29 is 4.79 Å². The lowest BCUT2D eigenvalue weighted by molar-refractivity contribution is -0.127. The highest BCUT2D eigenvalue weighted by atomic mass is 16.2. The van der Waals surface area contributed by atoms with Gasteiger partial charge in [0.1, 0.15) is 0 Å². The molecule has 2 aliphatic heterocycles. The van der Waals surface area contributed by atoms with Crippen LogP contribution in [0.4, 0.5) is 0 Å². The maximum Gasteiger partial charge on any atom is 0.222 e. The minimum absolute atomic E-state index is 0.275. The Hall–Kier alpha value is -1.26. The zero-order valence-corrected chi connectivity index (χ0v) is 12.8. The zero-order valence-electron chi connectivity index (χ0n) is 12.8. The van der Waals surface area contributed by atoms with Gasteiger partial charge in [0.25, 0.3) is 0 Å². The Bertz CT molecular complexity index is 369. The van der Waals surface area contributed by atoms with Crippen LogP contribution < -0.4 is 5.73 Å². The Morgan fingerprint density at radius 2 is 2.25 bits per heavy atom. The van der Waals surface area contributed by atoms with Crippen LogP contribution in [0.25, 0.3) is 0 Å². The van der Waals surface area contributed by atoms with Gasteiger partial charge in [0, 0.05) is 45.1 Å². The lowest BCUT2D eigenvalue weighted by Crippen LogP contribution is -2.43. The lowest BCUT2D eigenvalue weighted by Gasteiger charge is -2.31. The van der Waals surface area contributed by atoms with E-state index >= 15 is 0 Å². The van der Waals surface area contributed by atoms with Crippen molar-refractivity contribution in [2.45, 2.75) is 39.5 Å². The lowest BCUT2D eigenvalue weighted by atomic mass is 10.0. The number of guanidine groups is 1. The van der Waals surface area contributed by atoms with Crippen molar-refractivity contribution in [3.05, 3.63) is 0 Å². The van der Waals surface area contributed by atoms with Crippen molar-refractivity contribution >= 4 is 11.9 Å². The van der Waals surface area contributed by atoms with Crippen LogP contribution in [-0.4, -0.2) is 54.4 Å². The van der Waals surface area contributed by atoms with Gasteiger partial charge in [0.15, 0.2) is 5.96 Å². The van der Waals surface area contributed by atoms with Crippen molar-refractivity contribution in [3.63, 3.8) is 0 Å². The summed E-state index contributed by atoms with van der Waals surface area (Å²) in [4.78, 5) is 20.5. The number of hydrogen-bond donors (Lipinski definition) is 1. The van der Waals surface area contributed by atoms with E-state index in [1.807, 2.05) is 4.90 Å². The maximum absolute atomic E-state index is 11.8. The molecule has 0 spiro atoms. The molecular formula is C15H28N4O. The van der Waals surface area contributed by atoms with Gasteiger partial charge in [-0.25, -0.2) is 0 Å². The van der Waals surface area contributed by atoms with Gasteiger partial charge in [-0.3, -0.25) is 9.79 Å². The SMILES string of the molecule is CCCN1CC(CN=C(N)N2CCCC(C)C2)CC1=O. The molecule has 2 rings (SSSR count). The summed E-state index contributed by atoms with van der Waals surface area (Å²) < 4.78 is 0. The fourth-order valence-corrected chi connectivity index (χ4v) is 3.18. The van der Waals surface area contributed by atoms with E-state index in [2.05, 4.69) is 23.7 Å². The Morgan fingerprint density at radius 1 is 1.45 bits per heavy atom. The number of likely N-dealkylation sites (tertiary alicyclic amines) is 2. The fraction of sp³-hybridized carbons (Fsp3) is 0.867. The van der Waals surface area contributed by atoms with Crippen LogP contribution in [0.3, 0.4) is 0 Å². The molecule has 2 atom stereocenters. The number of nitrogens with two attached hydrogens (primary N) is 1. The minimum atomic E-state index is 0.275. The fourth-order valence-electron chi connectivity index (χ4n) is 3.18. The summed E-state index contributed by atoms with van der Waals surface area (Å²) in [6, 6.07) is 0. The molecule has 2 heterocycles. The molecule has 0 aromatic carbocycles. The van der Waals surface area contributed by atoms with E-state index in [-0.39, 0.29) is 5.91 Å². The number of amides is 1. The number of hydrogen-bond acceptors (Lipinski definition) is 2. The second kappa shape index (κ2) is 6.95. The maximum atomic E-state index is 11.8. The summed E-state index contributed by atoms with van der Waals surface area (Å²) in [6.45, 7) is 8.80. The third-order valence-corrected chi connectivity index (χ3v) is 4.28. The van der Waals surface area contributed by atoms with E-state index in [1.165, 1.54) is 12.8 Å². The van der Waals surface area contributed by atoms with E-state index in [9.17, 15) is 4.79 Å². The molecule has 0 aromatic rings. The van der Waals surface area contributed by atoms with Gasteiger partial charge in [0.05, 0.1) is 0 Å². The number of piperidine rings is 1. The molecule has 2 N–H and O–H groups in total. The van der Waals surface area contributed by atoms with Crippen molar-refractivity contribution in [2.75, 3.05) is 32.7 Å². The molecule has 2 unspecified atom stereocenters. The molecule has 20 heavy (non-hydrogen) atoms. The summed E-state index contributed by atoms with van der Waals surface area (Å²) in [7, 11) is 0. The highest BCUT2D eigenvalue weighted by molar-refractivity contribution is 5.79. The van der Waals surface area contributed by atoms with Crippen molar-refractivity contribution in [1.29, 1.82) is 0 Å². The molecule has 0 saturated carbocycles. The smallest absolute Gasteiger partial charge is 0.222 e. The van der Waals surface area contributed by atoms with Crippen LogP contribution in [0.2, 0.25) is 0 Å². The highest BCUT2D eigenvalue weighted by Gasteiger charge is 2.28. The minimum Gasteiger partial charge on any atom is -0.370 e. The largest absolute Gasteiger partial charge is 0.370 e. The molecule has 2 aliphatic rings. The van der Waals surface area contributed by atoms with Crippen LogP contribution in [0.15, 0.2) is 4.99 Å². The van der Waals surface area contributed by atoms with Gasteiger partial charge in [-0.05, 0) is 25.2 Å². The second-order valence-electron chi connectivity index (χ2n) is 6.30. The van der Waals surface area contributed by atoms with Gasteiger partial charge in [-0.15, -0.1) is 0 Å². The topological polar surface area (TPSA) is 61.9 Å². The summed E-state index contributed by atoms with van der Waals surface area (Å²) in [5, 5.41) is 0. The van der Waals surface area contributed by atoms with E-state index in [0.717, 1.165) is 32.6 Å². The number of carbonyl (C=O) groups is 1. The molecule has 2 fully saturated rings. The van der Waals surface area contributed by atoms with Crippen LogP contribution >= 0.6 is 0 Å². The first-order valence-corrected chi connectivity index (χ1v) is 7.92. The summed E-state index contributed by atoms with van der Waals surface area (Å²) in [6.07, 6.45) is 4.14. The van der Waals surface area contributed by atoms with Crippen LogP contribution in [-0.2, 0) is 4.79 Å². The predicted molar refractivity (Wildman–Crippen MR) is 81.4 cm³/mol.